The number of carbonyl (C=O) groups is 1. The highest BCUT2D eigenvalue weighted by Crippen LogP contribution is 2.25. The van der Waals surface area contributed by atoms with Crippen LogP contribution in [0.5, 0.6) is 0 Å². The van der Waals surface area contributed by atoms with Crippen LogP contribution in [-0.2, 0) is 4.79 Å². The summed E-state index contributed by atoms with van der Waals surface area (Å²) in [6.45, 7) is 0. The highest BCUT2D eigenvalue weighted by molar-refractivity contribution is 7.08. The second kappa shape index (κ2) is 5.30. The Kier molecular flexibility index (Phi) is 3.35. The normalized spacial score (nSPS) is 11.9. The predicted molar refractivity (Wildman–Crippen MR) is 78.5 cm³/mol. The van der Waals surface area contributed by atoms with Gasteiger partial charge >= 0.3 is 5.97 Å². The maximum Gasteiger partial charge on any atom is 0.308 e. The number of aliphatic carboxylic acids is 1. The maximum absolute atomic E-state index is 11.0. The van der Waals surface area contributed by atoms with Crippen LogP contribution in [0.25, 0.3) is 22.7 Å². The molecule has 0 bridgehead atoms. The van der Waals surface area contributed by atoms with E-state index in [1.165, 1.54) is 0 Å². The zero-order valence-corrected chi connectivity index (χ0v) is 11.3. The van der Waals surface area contributed by atoms with Crippen molar-refractivity contribution in [1.82, 2.24) is 4.98 Å². The Morgan fingerprint density at radius 3 is 2.90 bits per heavy atom. The van der Waals surface area contributed by atoms with Gasteiger partial charge in [-0.1, -0.05) is 12.1 Å². The highest BCUT2D eigenvalue weighted by atomic mass is 32.1. The Bertz CT molecular complexity index is 738. The van der Waals surface area contributed by atoms with Crippen molar-refractivity contribution >= 4 is 40.1 Å². The van der Waals surface area contributed by atoms with Crippen molar-refractivity contribution in [3.05, 3.63) is 52.5 Å². The first kappa shape index (κ1) is 12.6. The lowest BCUT2D eigenvalue weighted by molar-refractivity contribution is -0.135. The van der Waals surface area contributed by atoms with Crippen molar-refractivity contribution in [3.63, 3.8) is 0 Å². The molecule has 4 nitrogen and oxygen atoms in total. The summed E-state index contributed by atoms with van der Waals surface area (Å²) in [6.07, 6.45) is 1.68. The average Bonchev–Trinajstić information content (AvgIpc) is 3.05. The molecule has 0 saturated carbocycles. The Hall–Kier alpha value is -2.40. The maximum atomic E-state index is 11.0. The monoisotopic (exact) mass is 285 g/mol. The minimum absolute atomic E-state index is 0.122. The van der Waals surface area contributed by atoms with Gasteiger partial charge < -0.3 is 9.52 Å². The molecule has 0 aliphatic rings. The number of nitrogens with zero attached hydrogens (tertiary/aromatic N) is 1. The zero-order chi connectivity index (χ0) is 13.9. The number of oxazole rings is 1. The third-order valence-electron chi connectivity index (χ3n) is 2.79. The molecular formula is C15H11NO3S. The summed E-state index contributed by atoms with van der Waals surface area (Å²) in [4.78, 5) is 15.4. The van der Waals surface area contributed by atoms with Crippen LogP contribution in [0.1, 0.15) is 17.9 Å². The van der Waals surface area contributed by atoms with Crippen LogP contribution in [0.3, 0.4) is 0 Å². The Labute approximate surface area is 119 Å². The van der Waals surface area contributed by atoms with Crippen molar-refractivity contribution < 1.29 is 14.3 Å². The fraction of sp³-hybridized carbons (Fsp3) is 0.0667. The minimum Gasteiger partial charge on any atom is -0.481 e. The van der Waals surface area contributed by atoms with Crippen molar-refractivity contribution in [3.8, 4) is 0 Å². The quantitative estimate of drug-likeness (QED) is 0.789. The number of hydrogen-bond donors (Lipinski definition) is 1. The smallest absolute Gasteiger partial charge is 0.308 e. The summed E-state index contributed by atoms with van der Waals surface area (Å²) in [5.74, 6) is -0.548. The van der Waals surface area contributed by atoms with Crippen molar-refractivity contribution in [2.45, 2.75) is 6.42 Å². The molecule has 0 atom stereocenters. The van der Waals surface area contributed by atoms with Crippen molar-refractivity contribution in [2.24, 2.45) is 0 Å². The summed E-state index contributed by atoms with van der Waals surface area (Å²) in [5.41, 5.74) is 2.90. The van der Waals surface area contributed by atoms with E-state index in [4.69, 9.17) is 9.52 Å². The number of para-hydroxylation sites is 2. The molecule has 20 heavy (non-hydrogen) atoms. The van der Waals surface area contributed by atoms with Crippen molar-refractivity contribution in [1.29, 1.82) is 0 Å². The van der Waals surface area contributed by atoms with Gasteiger partial charge in [-0.05, 0) is 40.6 Å². The van der Waals surface area contributed by atoms with Gasteiger partial charge in [0.1, 0.15) is 5.52 Å². The fourth-order valence-corrected chi connectivity index (χ4v) is 2.54. The molecule has 3 rings (SSSR count). The van der Waals surface area contributed by atoms with Gasteiger partial charge in [-0.15, -0.1) is 0 Å². The van der Waals surface area contributed by atoms with Crippen LogP contribution in [0, 0.1) is 0 Å². The molecule has 0 unspecified atom stereocenters. The van der Waals surface area contributed by atoms with E-state index in [2.05, 4.69) is 4.98 Å². The first-order chi connectivity index (χ1) is 9.72. The molecule has 1 aromatic carbocycles. The van der Waals surface area contributed by atoms with Crippen LogP contribution in [0.4, 0.5) is 0 Å². The lowest BCUT2D eigenvalue weighted by Gasteiger charge is -1.99. The zero-order valence-electron chi connectivity index (χ0n) is 10.4. The summed E-state index contributed by atoms with van der Waals surface area (Å²) in [5, 5.41) is 12.9. The van der Waals surface area contributed by atoms with Gasteiger partial charge in [0.05, 0.1) is 6.42 Å². The van der Waals surface area contributed by atoms with E-state index in [9.17, 15) is 4.79 Å². The summed E-state index contributed by atoms with van der Waals surface area (Å²) < 4.78 is 5.64. The van der Waals surface area contributed by atoms with Gasteiger partial charge in [0.25, 0.3) is 0 Å². The molecule has 0 radical (unpaired) electrons. The molecular weight excluding hydrogens is 274 g/mol. The molecule has 5 heteroatoms. The fourth-order valence-electron chi connectivity index (χ4n) is 1.92. The third kappa shape index (κ3) is 2.62. The van der Waals surface area contributed by atoms with Crippen LogP contribution >= 0.6 is 11.3 Å². The highest BCUT2D eigenvalue weighted by Gasteiger charge is 2.14. The summed E-state index contributed by atoms with van der Waals surface area (Å²) >= 11 is 1.56. The number of rotatable bonds is 4. The van der Waals surface area contributed by atoms with Crippen LogP contribution in [0.2, 0.25) is 0 Å². The number of carboxylic acids is 1. The standard InChI is InChI=1S/C15H11NO3S/c17-14(18)8-11(7-10-5-6-20-9-10)15-16-12-3-1-2-4-13(12)19-15/h1-7,9H,8H2,(H,17,18). The van der Waals surface area contributed by atoms with Crippen molar-refractivity contribution in [2.75, 3.05) is 0 Å². The number of carboxylic acid groups (broad SMARTS) is 1. The van der Waals surface area contributed by atoms with E-state index in [0.717, 1.165) is 11.1 Å². The Morgan fingerprint density at radius 2 is 2.20 bits per heavy atom. The summed E-state index contributed by atoms with van der Waals surface area (Å²) in [6, 6.07) is 9.31. The second-order valence-electron chi connectivity index (χ2n) is 4.28. The average molecular weight is 285 g/mol. The van der Waals surface area contributed by atoms with E-state index in [-0.39, 0.29) is 6.42 Å². The van der Waals surface area contributed by atoms with E-state index < -0.39 is 5.97 Å². The first-order valence-electron chi connectivity index (χ1n) is 6.03. The molecule has 3 aromatic rings. The summed E-state index contributed by atoms with van der Waals surface area (Å²) in [7, 11) is 0. The molecule has 100 valence electrons. The number of hydrogen-bond acceptors (Lipinski definition) is 4. The molecule has 0 fully saturated rings. The minimum atomic E-state index is -0.909. The van der Waals surface area contributed by atoms with Gasteiger partial charge in [0.15, 0.2) is 5.58 Å². The largest absolute Gasteiger partial charge is 0.481 e. The van der Waals surface area contributed by atoms with E-state index in [1.807, 2.05) is 41.1 Å². The SMILES string of the molecule is O=C(O)CC(=Cc1ccsc1)c1nc2ccccc2o1. The lowest BCUT2D eigenvalue weighted by Crippen LogP contribution is -1.97. The van der Waals surface area contributed by atoms with E-state index in [1.54, 1.807) is 17.4 Å². The van der Waals surface area contributed by atoms with Crippen LogP contribution < -0.4 is 0 Å². The molecule has 0 aliphatic heterocycles. The lowest BCUT2D eigenvalue weighted by atomic mass is 10.1. The molecule has 0 saturated heterocycles. The number of thiophene rings is 1. The Balaban J connectivity index is 2.06. The van der Waals surface area contributed by atoms with Gasteiger partial charge in [-0.2, -0.15) is 11.3 Å². The molecule has 0 aliphatic carbocycles. The van der Waals surface area contributed by atoms with Gasteiger partial charge in [-0.25, -0.2) is 4.98 Å². The van der Waals surface area contributed by atoms with E-state index in [0.29, 0.717) is 17.0 Å². The van der Waals surface area contributed by atoms with Gasteiger partial charge in [-0.3, -0.25) is 4.79 Å². The molecule has 0 amide bonds. The van der Waals surface area contributed by atoms with Gasteiger partial charge in [0.2, 0.25) is 5.89 Å². The van der Waals surface area contributed by atoms with Gasteiger partial charge in [0, 0.05) is 5.57 Å². The van der Waals surface area contributed by atoms with Crippen LogP contribution in [0.15, 0.2) is 45.5 Å². The molecule has 1 N–H and O–H groups in total. The Morgan fingerprint density at radius 1 is 1.35 bits per heavy atom. The molecule has 2 aromatic heterocycles. The predicted octanol–water partition coefficient (Wildman–Crippen LogP) is 3.90. The number of aromatic nitrogens is 1. The first-order valence-corrected chi connectivity index (χ1v) is 6.97. The topological polar surface area (TPSA) is 63.3 Å². The number of benzene rings is 1. The second-order valence-corrected chi connectivity index (χ2v) is 5.06. The van der Waals surface area contributed by atoms with E-state index >= 15 is 0 Å². The van der Waals surface area contributed by atoms with Crippen LogP contribution in [-0.4, -0.2) is 16.1 Å². The molecule has 0 spiro atoms. The third-order valence-corrected chi connectivity index (χ3v) is 3.50. The number of fused-ring (bicyclic) bond motifs is 1. The molecule has 2 heterocycles.